The summed E-state index contributed by atoms with van der Waals surface area (Å²) >= 11 is 0. The molecule has 2 saturated carbocycles. The summed E-state index contributed by atoms with van der Waals surface area (Å²) in [5.41, 5.74) is 3.48. The van der Waals surface area contributed by atoms with Gasteiger partial charge in [-0.05, 0) is 83.1 Å². The Morgan fingerprint density at radius 1 is 1.03 bits per heavy atom. The van der Waals surface area contributed by atoms with Crippen molar-refractivity contribution in [2.24, 2.45) is 23.7 Å². The van der Waals surface area contributed by atoms with E-state index in [1.165, 1.54) is 51.5 Å². The van der Waals surface area contributed by atoms with Crippen molar-refractivity contribution in [2.75, 3.05) is 33.9 Å². The fourth-order valence-corrected chi connectivity index (χ4v) is 8.46. The summed E-state index contributed by atoms with van der Waals surface area (Å²) in [4.78, 5) is 2.60. The number of methoxy groups -OCH3 is 1. The minimum Gasteiger partial charge on any atom is -0.366 e. The van der Waals surface area contributed by atoms with Crippen LogP contribution < -0.4 is 26.7 Å². The lowest BCUT2D eigenvalue weighted by Gasteiger charge is -2.48. The number of rotatable bonds is 6. The van der Waals surface area contributed by atoms with Gasteiger partial charge in [-0.3, -0.25) is 16.0 Å². The first-order valence-corrected chi connectivity index (χ1v) is 14.7. The normalized spacial score (nSPS) is 48.6. The maximum Gasteiger partial charge on any atom is 0.115 e. The maximum absolute atomic E-state index is 9.33. The molecule has 9 heteroatoms. The Bertz CT molecular complexity index is 795. The summed E-state index contributed by atoms with van der Waals surface area (Å²) in [6.45, 7) is 5.37. The number of hydrogen-bond acceptors (Lipinski definition) is 9. The summed E-state index contributed by atoms with van der Waals surface area (Å²) in [5, 5.41) is 27.1. The number of likely N-dealkylation sites (tertiary alicyclic amines) is 1. The lowest BCUT2D eigenvalue weighted by molar-refractivity contribution is -0.0450. The van der Waals surface area contributed by atoms with E-state index < -0.39 is 0 Å². The molecule has 6 fully saturated rings. The topological polar surface area (TPSA) is 99.6 Å². The van der Waals surface area contributed by atoms with Gasteiger partial charge in [-0.2, -0.15) is 5.26 Å². The third-order valence-corrected chi connectivity index (χ3v) is 10.5. The van der Waals surface area contributed by atoms with Crippen molar-refractivity contribution in [1.82, 2.24) is 36.6 Å². The predicted molar refractivity (Wildman–Crippen MR) is 139 cm³/mol. The fraction of sp³-hybridized carbons (Fsp3) is 0.963. The number of nitrogens with zero attached hydrogens (tertiary/aromatic N) is 3. The van der Waals surface area contributed by atoms with Crippen LogP contribution in [0.1, 0.15) is 58.3 Å². The van der Waals surface area contributed by atoms with Gasteiger partial charge in [0.05, 0.1) is 12.2 Å². The molecule has 36 heavy (non-hydrogen) atoms. The Morgan fingerprint density at radius 3 is 2.53 bits per heavy atom. The molecule has 9 atom stereocenters. The van der Waals surface area contributed by atoms with E-state index in [0.717, 1.165) is 31.5 Å². The number of nitriles is 1. The number of nitrogens with one attached hydrogen (secondary N) is 5. The van der Waals surface area contributed by atoms with Crippen LogP contribution in [0.25, 0.3) is 0 Å². The lowest BCUT2D eigenvalue weighted by Crippen LogP contribution is -2.72. The van der Waals surface area contributed by atoms with Gasteiger partial charge >= 0.3 is 0 Å². The standard InChI is InChI=1S/C27H48N8O/c1-16-10-20(12-28)33-35(16)21-8-4-17(5-9-21)11-19-14-34(2)22-13-29-26(32-24(19)22)23-25(18-6-7-18)30-15-31-27(23)36-3/h16-27,29-33H,4-11,13-15H2,1-3H3. The molecule has 0 spiro atoms. The summed E-state index contributed by atoms with van der Waals surface area (Å²) in [7, 11) is 4.17. The van der Waals surface area contributed by atoms with E-state index in [1.807, 2.05) is 7.11 Å². The Kier molecular flexibility index (Phi) is 7.59. The van der Waals surface area contributed by atoms with Crippen molar-refractivity contribution in [1.29, 1.82) is 5.26 Å². The molecule has 0 aromatic heterocycles. The Morgan fingerprint density at radius 2 is 1.83 bits per heavy atom. The zero-order valence-electron chi connectivity index (χ0n) is 22.5. The quantitative estimate of drug-likeness (QED) is 0.362. The van der Waals surface area contributed by atoms with Gasteiger partial charge in [-0.1, -0.05) is 0 Å². The minimum atomic E-state index is -0.00519. The molecule has 0 bridgehead atoms. The Labute approximate surface area is 217 Å². The summed E-state index contributed by atoms with van der Waals surface area (Å²) in [6, 6.07) is 5.11. The van der Waals surface area contributed by atoms with E-state index in [0.29, 0.717) is 42.0 Å². The van der Waals surface area contributed by atoms with Crippen molar-refractivity contribution < 1.29 is 4.74 Å². The summed E-state index contributed by atoms with van der Waals surface area (Å²) in [5.74, 6) is 2.72. The van der Waals surface area contributed by atoms with E-state index in [1.54, 1.807) is 0 Å². The van der Waals surface area contributed by atoms with Gasteiger partial charge in [-0.25, -0.2) is 10.4 Å². The van der Waals surface area contributed by atoms with Crippen LogP contribution in [0.15, 0.2) is 0 Å². The highest BCUT2D eigenvalue weighted by molar-refractivity contribution is 5.07. The molecule has 2 aliphatic carbocycles. The monoisotopic (exact) mass is 500 g/mol. The predicted octanol–water partition coefficient (Wildman–Crippen LogP) is 0.762. The van der Waals surface area contributed by atoms with Crippen LogP contribution in [0.2, 0.25) is 0 Å². The van der Waals surface area contributed by atoms with Crippen molar-refractivity contribution in [3.05, 3.63) is 0 Å². The fourth-order valence-electron chi connectivity index (χ4n) is 8.46. The Hall–Kier alpha value is -0.830. The van der Waals surface area contributed by atoms with E-state index in [-0.39, 0.29) is 18.4 Å². The first kappa shape index (κ1) is 25.4. The van der Waals surface area contributed by atoms with E-state index in [2.05, 4.69) is 56.6 Å². The van der Waals surface area contributed by atoms with E-state index in [4.69, 9.17) is 4.74 Å². The molecule has 9 nitrogen and oxygen atoms in total. The van der Waals surface area contributed by atoms with Gasteiger partial charge in [0.15, 0.2) is 0 Å². The second kappa shape index (κ2) is 10.7. The van der Waals surface area contributed by atoms with Gasteiger partial charge in [-0.15, -0.1) is 0 Å². The smallest absolute Gasteiger partial charge is 0.115 e. The van der Waals surface area contributed by atoms with Crippen molar-refractivity contribution in [3.63, 3.8) is 0 Å². The number of hydrazine groups is 1. The van der Waals surface area contributed by atoms with Crippen molar-refractivity contribution in [3.8, 4) is 6.07 Å². The molecule has 5 N–H and O–H groups in total. The van der Waals surface area contributed by atoms with Crippen LogP contribution in [0.4, 0.5) is 0 Å². The molecule has 0 amide bonds. The largest absolute Gasteiger partial charge is 0.366 e. The van der Waals surface area contributed by atoms with Crippen molar-refractivity contribution >= 4 is 0 Å². The highest BCUT2D eigenvalue weighted by Gasteiger charge is 2.51. The summed E-state index contributed by atoms with van der Waals surface area (Å²) in [6.07, 6.45) is 10.5. The highest BCUT2D eigenvalue weighted by Crippen LogP contribution is 2.41. The number of fused-ring (bicyclic) bond motifs is 1. The molecule has 6 aliphatic rings. The molecule has 4 heterocycles. The van der Waals surface area contributed by atoms with Gasteiger partial charge in [0.2, 0.25) is 0 Å². The first-order valence-electron chi connectivity index (χ1n) is 14.7. The zero-order chi connectivity index (χ0) is 24.8. The van der Waals surface area contributed by atoms with E-state index in [9.17, 15) is 5.26 Å². The van der Waals surface area contributed by atoms with Crippen LogP contribution in [0.3, 0.4) is 0 Å². The summed E-state index contributed by atoms with van der Waals surface area (Å²) < 4.78 is 5.95. The average Bonchev–Trinajstić information content (AvgIpc) is 3.62. The molecular weight excluding hydrogens is 452 g/mol. The van der Waals surface area contributed by atoms with Gasteiger partial charge in [0.25, 0.3) is 0 Å². The van der Waals surface area contributed by atoms with Crippen LogP contribution >= 0.6 is 0 Å². The van der Waals surface area contributed by atoms with Crippen LogP contribution in [-0.4, -0.2) is 92.5 Å². The van der Waals surface area contributed by atoms with Crippen LogP contribution in [-0.2, 0) is 4.74 Å². The number of ether oxygens (including phenoxy) is 1. The Balaban J connectivity index is 1.07. The molecule has 0 radical (unpaired) electrons. The third-order valence-electron chi connectivity index (χ3n) is 10.5. The third kappa shape index (κ3) is 4.96. The van der Waals surface area contributed by atoms with Gasteiger partial charge in [0.1, 0.15) is 12.3 Å². The minimum absolute atomic E-state index is 0.00519. The van der Waals surface area contributed by atoms with Gasteiger partial charge in [0, 0.05) is 63.0 Å². The van der Waals surface area contributed by atoms with E-state index >= 15 is 0 Å². The van der Waals surface area contributed by atoms with Crippen LogP contribution in [0, 0.1) is 35.0 Å². The lowest BCUT2D eigenvalue weighted by atomic mass is 9.78. The number of hydrogen-bond donors (Lipinski definition) is 5. The molecule has 4 aliphatic heterocycles. The first-order chi connectivity index (χ1) is 17.6. The SMILES string of the molecule is COC1NCNC(C2CC2)C1C1NCC2C(N1)C(CC1CCC(N3NC(C#N)CC3C)CC1)CN2C. The highest BCUT2D eigenvalue weighted by atomic mass is 16.5. The molecule has 6 rings (SSSR count). The zero-order valence-corrected chi connectivity index (χ0v) is 22.5. The molecule has 9 unspecified atom stereocenters. The molecule has 0 aromatic rings. The van der Waals surface area contributed by atoms with Gasteiger partial charge < -0.3 is 15.0 Å². The molecule has 0 aromatic carbocycles. The molecular formula is C27H48N8O. The average molecular weight is 501 g/mol. The van der Waals surface area contributed by atoms with Crippen LogP contribution in [0.5, 0.6) is 0 Å². The van der Waals surface area contributed by atoms with Crippen molar-refractivity contribution in [2.45, 2.75) is 107 Å². The molecule has 202 valence electrons. The maximum atomic E-state index is 9.33. The second-order valence-corrected chi connectivity index (χ2v) is 12.7. The second-order valence-electron chi connectivity index (χ2n) is 12.7. The molecule has 4 saturated heterocycles. The number of likely N-dealkylation sites (N-methyl/N-ethyl adjacent to an activating group) is 1.